The smallest absolute Gasteiger partial charge is 0.146 e. The van der Waals surface area contributed by atoms with Crippen molar-refractivity contribution in [3.63, 3.8) is 0 Å². The fourth-order valence-corrected chi connectivity index (χ4v) is 2.39. The summed E-state index contributed by atoms with van der Waals surface area (Å²) in [4.78, 5) is 0. The van der Waals surface area contributed by atoms with Crippen molar-refractivity contribution in [2.45, 2.75) is 19.4 Å². The van der Waals surface area contributed by atoms with E-state index in [-0.39, 0.29) is 22.5 Å². The molecule has 2 rings (SSSR count). The highest BCUT2D eigenvalue weighted by atomic mass is 79.9. The first-order chi connectivity index (χ1) is 9.52. The molecule has 0 heterocycles. The molecule has 0 bridgehead atoms. The number of hydrogen-bond acceptors (Lipinski definition) is 1. The molecule has 0 saturated heterocycles. The average Bonchev–Trinajstić information content (AvgIpc) is 2.44. The van der Waals surface area contributed by atoms with Gasteiger partial charge in [0.2, 0.25) is 0 Å². The second kappa shape index (κ2) is 6.55. The van der Waals surface area contributed by atoms with Crippen LogP contribution in [0.25, 0.3) is 0 Å². The van der Waals surface area contributed by atoms with Gasteiger partial charge in [0.25, 0.3) is 0 Å². The summed E-state index contributed by atoms with van der Waals surface area (Å²) in [5.41, 5.74) is 1.73. The predicted molar refractivity (Wildman–Crippen MR) is 79.1 cm³/mol. The van der Waals surface area contributed by atoms with E-state index in [0.29, 0.717) is 5.75 Å². The average molecular weight is 362 g/mol. The van der Waals surface area contributed by atoms with E-state index >= 15 is 0 Å². The second-order valence-corrected chi connectivity index (χ2v) is 5.48. The lowest BCUT2D eigenvalue weighted by Gasteiger charge is -2.12. The molecular weight excluding hydrogens is 350 g/mol. The molecule has 0 aliphatic rings. The molecule has 0 spiro atoms. The van der Waals surface area contributed by atoms with Crippen LogP contribution in [0.15, 0.2) is 34.8 Å². The van der Waals surface area contributed by atoms with E-state index in [1.54, 1.807) is 6.07 Å². The van der Waals surface area contributed by atoms with Gasteiger partial charge in [0.05, 0.1) is 15.9 Å². The fourth-order valence-electron chi connectivity index (χ4n) is 1.80. The Hall–Kier alpha value is -1.13. The van der Waals surface area contributed by atoms with Gasteiger partial charge in [-0.2, -0.15) is 0 Å². The molecule has 2 aromatic rings. The number of aryl methyl sites for hydroxylation is 1. The number of halogens is 4. The van der Waals surface area contributed by atoms with E-state index in [1.807, 2.05) is 19.1 Å². The van der Waals surface area contributed by atoms with Gasteiger partial charge in [0, 0.05) is 5.56 Å². The van der Waals surface area contributed by atoms with Crippen LogP contribution in [0.4, 0.5) is 8.78 Å². The molecule has 0 aliphatic carbocycles. The zero-order valence-corrected chi connectivity index (χ0v) is 13.1. The molecule has 0 aromatic heterocycles. The quantitative estimate of drug-likeness (QED) is 0.526. The number of rotatable bonds is 4. The van der Waals surface area contributed by atoms with Gasteiger partial charge in [0.15, 0.2) is 0 Å². The van der Waals surface area contributed by atoms with E-state index in [4.69, 9.17) is 16.3 Å². The number of ether oxygens (including phenoxy) is 1. The Kier molecular flexibility index (Phi) is 5.00. The molecule has 0 aliphatic heterocycles. The maximum atomic E-state index is 13.8. The van der Waals surface area contributed by atoms with Crippen molar-refractivity contribution in [2.75, 3.05) is 0 Å². The minimum Gasteiger partial charge on any atom is -0.488 e. The SMILES string of the molecule is Cc1ccc(OCc2c(F)ccc(Br)c2F)c(CCl)c1. The van der Waals surface area contributed by atoms with Crippen molar-refractivity contribution < 1.29 is 13.5 Å². The molecule has 0 fully saturated rings. The Morgan fingerprint density at radius 1 is 1.20 bits per heavy atom. The van der Waals surface area contributed by atoms with Crippen LogP contribution in [-0.4, -0.2) is 0 Å². The molecule has 2 aromatic carbocycles. The zero-order valence-electron chi connectivity index (χ0n) is 10.7. The van der Waals surface area contributed by atoms with E-state index in [1.165, 1.54) is 12.1 Å². The van der Waals surface area contributed by atoms with Crippen LogP contribution in [-0.2, 0) is 12.5 Å². The molecule has 0 atom stereocenters. The van der Waals surface area contributed by atoms with E-state index in [9.17, 15) is 8.78 Å². The maximum absolute atomic E-state index is 13.8. The van der Waals surface area contributed by atoms with E-state index in [2.05, 4.69) is 15.9 Å². The minimum absolute atomic E-state index is 0.111. The van der Waals surface area contributed by atoms with Gasteiger partial charge in [-0.05, 0) is 41.1 Å². The zero-order chi connectivity index (χ0) is 14.7. The third-order valence-electron chi connectivity index (χ3n) is 2.87. The van der Waals surface area contributed by atoms with Gasteiger partial charge in [-0.3, -0.25) is 0 Å². The van der Waals surface area contributed by atoms with Gasteiger partial charge in [0.1, 0.15) is 24.0 Å². The lowest BCUT2D eigenvalue weighted by molar-refractivity contribution is 0.290. The summed E-state index contributed by atoms with van der Waals surface area (Å²) in [5.74, 6) is -0.473. The summed E-state index contributed by atoms with van der Waals surface area (Å²) in [7, 11) is 0. The van der Waals surface area contributed by atoms with E-state index in [0.717, 1.165) is 11.1 Å². The lowest BCUT2D eigenvalue weighted by atomic mass is 10.1. The molecule has 20 heavy (non-hydrogen) atoms. The Labute approximate surface area is 129 Å². The monoisotopic (exact) mass is 360 g/mol. The van der Waals surface area contributed by atoms with Crippen molar-refractivity contribution in [3.05, 3.63) is 63.1 Å². The Bertz CT molecular complexity index is 632. The molecule has 0 amide bonds. The third kappa shape index (κ3) is 3.30. The maximum Gasteiger partial charge on any atom is 0.146 e. The Morgan fingerprint density at radius 3 is 2.65 bits per heavy atom. The van der Waals surface area contributed by atoms with Crippen LogP contribution >= 0.6 is 27.5 Å². The fraction of sp³-hybridized carbons (Fsp3) is 0.200. The van der Waals surface area contributed by atoms with Gasteiger partial charge in [-0.25, -0.2) is 8.78 Å². The summed E-state index contributed by atoms with van der Waals surface area (Å²) in [6.07, 6.45) is 0. The molecule has 1 nitrogen and oxygen atoms in total. The standard InChI is InChI=1S/C15H12BrClF2O/c1-9-2-5-14(10(6-9)7-17)20-8-11-13(18)4-3-12(16)15(11)19/h2-6H,7-8H2,1H3. The number of benzene rings is 2. The minimum atomic E-state index is -0.649. The highest BCUT2D eigenvalue weighted by Gasteiger charge is 2.13. The second-order valence-electron chi connectivity index (χ2n) is 4.36. The normalized spacial score (nSPS) is 10.7. The summed E-state index contributed by atoms with van der Waals surface area (Å²) in [5, 5.41) is 0. The molecular formula is C15H12BrClF2O. The first-order valence-electron chi connectivity index (χ1n) is 5.93. The van der Waals surface area contributed by atoms with Crippen molar-refractivity contribution in [2.24, 2.45) is 0 Å². The highest BCUT2D eigenvalue weighted by molar-refractivity contribution is 9.10. The van der Waals surface area contributed by atoms with Gasteiger partial charge in [-0.15, -0.1) is 11.6 Å². The third-order valence-corrected chi connectivity index (χ3v) is 3.77. The summed E-state index contributed by atoms with van der Waals surface area (Å²) >= 11 is 8.86. The summed E-state index contributed by atoms with van der Waals surface area (Å²) in [6, 6.07) is 8.02. The van der Waals surface area contributed by atoms with Crippen LogP contribution in [0, 0.1) is 18.6 Å². The van der Waals surface area contributed by atoms with Crippen molar-refractivity contribution in [3.8, 4) is 5.75 Å². The number of hydrogen-bond donors (Lipinski definition) is 0. The molecule has 0 N–H and O–H groups in total. The number of alkyl halides is 1. The predicted octanol–water partition coefficient (Wildman–Crippen LogP) is 5.35. The summed E-state index contributed by atoms with van der Waals surface area (Å²) < 4.78 is 33.1. The van der Waals surface area contributed by atoms with Gasteiger partial charge >= 0.3 is 0 Å². The topological polar surface area (TPSA) is 9.23 Å². The Balaban J connectivity index is 2.23. The largest absolute Gasteiger partial charge is 0.488 e. The van der Waals surface area contributed by atoms with Crippen LogP contribution in [0.2, 0.25) is 0 Å². The van der Waals surface area contributed by atoms with Crippen molar-refractivity contribution in [1.82, 2.24) is 0 Å². The molecule has 106 valence electrons. The molecule has 0 radical (unpaired) electrons. The highest BCUT2D eigenvalue weighted by Crippen LogP contribution is 2.26. The molecule has 5 heteroatoms. The molecule has 0 saturated carbocycles. The summed E-state index contributed by atoms with van der Waals surface area (Å²) in [6.45, 7) is 1.75. The first kappa shape index (κ1) is 15.3. The first-order valence-corrected chi connectivity index (χ1v) is 7.26. The van der Waals surface area contributed by atoms with E-state index < -0.39 is 11.6 Å². The van der Waals surface area contributed by atoms with Crippen LogP contribution in [0.5, 0.6) is 5.75 Å². The molecule has 0 unspecified atom stereocenters. The van der Waals surface area contributed by atoms with Crippen LogP contribution < -0.4 is 4.74 Å². The van der Waals surface area contributed by atoms with Gasteiger partial charge < -0.3 is 4.74 Å². The van der Waals surface area contributed by atoms with Crippen molar-refractivity contribution in [1.29, 1.82) is 0 Å². The Morgan fingerprint density at radius 2 is 1.95 bits per heavy atom. The van der Waals surface area contributed by atoms with Crippen LogP contribution in [0.3, 0.4) is 0 Å². The van der Waals surface area contributed by atoms with Crippen LogP contribution in [0.1, 0.15) is 16.7 Å². The lowest BCUT2D eigenvalue weighted by Crippen LogP contribution is -2.04. The van der Waals surface area contributed by atoms with Crippen molar-refractivity contribution >= 4 is 27.5 Å². The van der Waals surface area contributed by atoms with Gasteiger partial charge in [-0.1, -0.05) is 17.7 Å².